The minimum absolute atomic E-state index is 0.240. The van der Waals surface area contributed by atoms with Crippen LogP contribution in [0.15, 0.2) is 18.2 Å². The zero-order valence-electron chi connectivity index (χ0n) is 12.0. The van der Waals surface area contributed by atoms with Crippen molar-refractivity contribution in [2.75, 3.05) is 6.54 Å². The Hall–Kier alpha value is -1.60. The Morgan fingerprint density at radius 1 is 1.53 bits per heavy atom. The summed E-state index contributed by atoms with van der Waals surface area (Å²) in [5, 5.41) is 12.3. The second-order valence-electron chi connectivity index (χ2n) is 5.04. The fourth-order valence-corrected chi connectivity index (χ4v) is 2.08. The number of nitrogens with one attached hydrogen (secondary N) is 1. The molecule has 1 N–H and O–H groups in total. The van der Waals surface area contributed by atoms with Gasteiger partial charge in [-0.15, -0.1) is 0 Å². The van der Waals surface area contributed by atoms with Gasteiger partial charge in [-0.1, -0.05) is 13.0 Å². The van der Waals surface area contributed by atoms with Crippen LogP contribution in [-0.4, -0.2) is 18.2 Å². The molecule has 0 aliphatic rings. The molecular weight excluding hydrogens is 243 g/mol. The maximum Gasteiger partial charge on any atom is 0.165 e. The molecule has 1 aromatic carbocycles. The Morgan fingerprint density at radius 3 is 2.79 bits per heavy atom. The van der Waals surface area contributed by atoms with Crippen molar-refractivity contribution >= 4 is 0 Å². The summed E-state index contributed by atoms with van der Waals surface area (Å²) < 4.78 is 19.2. The van der Waals surface area contributed by atoms with Gasteiger partial charge in [-0.2, -0.15) is 5.26 Å². The highest BCUT2D eigenvalue weighted by Gasteiger charge is 2.26. The molecule has 0 saturated carbocycles. The lowest BCUT2D eigenvalue weighted by molar-refractivity contribution is 0.173. The molecule has 1 aromatic rings. The van der Waals surface area contributed by atoms with Crippen LogP contribution in [0.1, 0.15) is 32.8 Å². The van der Waals surface area contributed by atoms with Crippen molar-refractivity contribution in [2.45, 2.75) is 45.8 Å². The molecule has 0 saturated heterocycles. The van der Waals surface area contributed by atoms with Crippen LogP contribution in [0.25, 0.3) is 0 Å². The van der Waals surface area contributed by atoms with E-state index in [2.05, 4.69) is 11.4 Å². The summed E-state index contributed by atoms with van der Waals surface area (Å²) in [6.07, 6.45) is 0.241. The predicted octanol–water partition coefficient (Wildman–Crippen LogP) is 3.18. The number of hydrogen-bond acceptors (Lipinski definition) is 3. The van der Waals surface area contributed by atoms with Gasteiger partial charge >= 0.3 is 0 Å². The van der Waals surface area contributed by atoms with E-state index in [0.717, 1.165) is 5.56 Å². The molecule has 104 valence electrons. The quantitative estimate of drug-likeness (QED) is 0.858. The van der Waals surface area contributed by atoms with Crippen LogP contribution in [0.2, 0.25) is 0 Å². The van der Waals surface area contributed by atoms with Crippen molar-refractivity contribution < 1.29 is 9.13 Å². The molecule has 0 bridgehead atoms. The van der Waals surface area contributed by atoms with Gasteiger partial charge in [0.1, 0.15) is 5.54 Å². The van der Waals surface area contributed by atoms with Gasteiger partial charge in [0, 0.05) is 6.42 Å². The number of nitrogens with zero attached hydrogens (tertiary/aromatic N) is 1. The fourth-order valence-electron chi connectivity index (χ4n) is 2.08. The highest BCUT2D eigenvalue weighted by atomic mass is 19.1. The lowest BCUT2D eigenvalue weighted by Gasteiger charge is -2.26. The maximum atomic E-state index is 13.6. The second-order valence-corrected chi connectivity index (χ2v) is 5.04. The van der Waals surface area contributed by atoms with Crippen LogP contribution in [0.3, 0.4) is 0 Å². The van der Waals surface area contributed by atoms with Crippen molar-refractivity contribution in [3.8, 4) is 11.8 Å². The molecule has 0 radical (unpaired) electrons. The van der Waals surface area contributed by atoms with Gasteiger partial charge in [0.05, 0.1) is 12.2 Å². The number of ether oxygens (including phenoxy) is 1. The van der Waals surface area contributed by atoms with Crippen molar-refractivity contribution in [1.82, 2.24) is 5.32 Å². The summed E-state index contributed by atoms with van der Waals surface area (Å²) in [6.45, 7) is 8.20. The Morgan fingerprint density at radius 2 is 2.21 bits per heavy atom. The van der Waals surface area contributed by atoms with E-state index in [9.17, 15) is 9.65 Å². The first-order valence-corrected chi connectivity index (χ1v) is 6.49. The van der Waals surface area contributed by atoms with Gasteiger partial charge in [-0.25, -0.2) is 4.39 Å². The third kappa shape index (κ3) is 4.53. The normalized spacial score (nSPS) is 15.4. The van der Waals surface area contributed by atoms with Crippen LogP contribution >= 0.6 is 0 Å². The van der Waals surface area contributed by atoms with Crippen LogP contribution in [-0.2, 0) is 0 Å². The monoisotopic (exact) mass is 264 g/mol. The zero-order chi connectivity index (χ0) is 14.5. The maximum absolute atomic E-state index is 13.6. The zero-order valence-corrected chi connectivity index (χ0v) is 12.0. The van der Waals surface area contributed by atoms with Crippen LogP contribution < -0.4 is 10.1 Å². The van der Waals surface area contributed by atoms with Crippen molar-refractivity contribution in [3.05, 3.63) is 29.6 Å². The van der Waals surface area contributed by atoms with E-state index in [1.54, 1.807) is 12.1 Å². The molecule has 0 aliphatic heterocycles. The molecule has 0 fully saturated rings. The summed E-state index contributed by atoms with van der Waals surface area (Å²) in [5.41, 5.74) is 0.285. The average Bonchev–Trinajstić information content (AvgIpc) is 2.34. The SMILES string of the molecule is CCNC(C)(C#N)CC(C)Oc1cc(C)ccc1F. The van der Waals surface area contributed by atoms with Gasteiger partial charge in [-0.3, -0.25) is 5.32 Å². The van der Waals surface area contributed by atoms with Gasteiger partial charge < -0.3 is 4.74 Å². The fraction of sp³-hybridized carbons (Fsp3) is 0.533. The van der Waals surface area contributed by atoms with Gasteiger partial charge in [0.2, 0.25) is 0 Å². The molecule has 19 heavy (non-hydrogen) atoms. The summed E-state index contributed by atoms with van der Waals surface area (Å²) in [6, 6.07) is 7.00. The van der Waals surface area contributed by atoms with Crippen molar-refractivity contribution in [3.63, 3.8) is 0 Å². The molecule has 0 amide bonds. The third-order valence-electron chi connectivity index (χ3n) is 2.92. The lowest BCUT2D eigenvalue weighted by Crippen LogP contribution is -2.44. The molecule has 0 aromatic heterocycles. The van der Waals surface area contributed by atoms with E-state index in [1.807, 2.05) is 27.7 Å². The summed E-state index contributed by atoms with van der Waals surface area (Å²) in [7, 11) is 0. The highest BCUT2D eigenvalue weighted by molar-refractivity contribution is 5.29. The Bertz CT molecular complexity index is 470. The topological polar surface area (TPSA) is 45.0 Å². The third-order valence-corrected chi connectivity index (χ3v) is 2.92. The van der Waals surface area contributed by atoms with E-state index in [4.69, 9.17) is 4.74 Å². The Balaban J connectivity index is 2.72. The molecule has 2 unspecified atom stereocenters. The van der Waals surface area contributed by atoms with E-state index in [-0.39, 0.29) is 17.7 Å². The molecular formula is C15H21FN2O. The van der Waals surface area contributed by atoms with E-state index >= 15 is 0 Å². The van der Waals surface area contributed by atoms with E-state index in [0.29, 0.717) is 13.0 Å². The number of rotatable bonds is 6. The minimum atomic E-state index is -0.658. The van der Waals surface area contributed by atoms with Gasteiger partial charge in [-0.05, 0) is 45.0 Å². The molecule has 0 aliphatic carbocycles. The number of aryl methyl sites for hydroxylation is 1. The Kier molecular flexibility index (Phi) is 5.31. The van der Waals surface area contributed by atoms with E-state index in [1.165, 1.54) is 6.07 Å². The summed E-state index contributed by atoms with van der Waals surface area (Å²) in [5.74, 6) is -0.135. The number of halogens is 1. The molecule has 2 atom stereocenters. The number of hydrogen-bond donors (Lipinski definition) is 1. The molecule has 0 heterocycles. The first-order valence-electron chi connectivity index (χ1n) is 6.49. The summed E-state index contributed by atoms with van der Waals surface area (Å²) >= 11 is 0. The molecule has 1 rings (SSSR count). The van der Waals surface area contributed by atoms with Gasteiger partial charge in [0.25, 0.3) is 0 Å². The van der Waals surface area contributed by atoms with Gasteiger partial charge in [0.15, 0.2) is 11.6 Å². The van der Waals surface area contributed by atoms with E-state index < -0.39 is 5.54 Å². The number of benzene rings is 1. The minimum Gasteiger partial charge on any atom is -0.488 e. The van der Waals surface area contributed by atoms with Crippen LogP contribution in [0.4, 0.5) is 4.39 Å². The van der Waals surface area contributed by atoms with Crippen molar-refractivity contribution in [2.24, 2.45) is 0 Å². The standard InChI is InChI=1S/C15H21FN2O/c1-5-18-15(4,10-17)9-12(3)19-14-8-11(2)6-7-13(14)16/h6-8,12,18H,5,9H2,1-4H3. The van der Waals surface area contributed by atoms with Crippen LogP contribution in [0, 0.1) is 24.1 Å². The predicted molar refractivity (Wildman–Crippen MR) is 73.5 cm³/mol. The largest absolute Gasteiger partial charge is 0.488 e. The number of nitriles is 1. The summed E-state index contributed by atoms with van der Waals surface area (Å²) in [4.78, 5) is 0. The average molecular weight is 264 g/mol. The first kappa shape index (κ1) is 15.5. The smallest absolute Gasteiger partial charge is 0.165 e. The molecule has 4 heteroatoms. The first-order chi connectivity index (χ1) is 8.90. The molecule has 0 spiro atoms. The Labute approximate surface area is 114 Å². The van der Waals surface area contributed by atoms with Crippen molar-refractivity contribution in [1.29, 1.82) is 5.26 Å². The molecule has 3 nitrogen and oxygen atoms in total. The van der Waals surface area contributed by atoms with Crippen LogP contribution in [0.5, 0.6) is 5.75 Å². The lowest BCUT2D eigenvalue weighted by atomic mass is 9.96. The second kappa shape index (κ2) is 6.53. The highest BCUT2D eigenvalue weighted by Crippen LogP contribution is 2.22.